The van der Waals surface area contributed by atoms with Gasteiger partial charge in [0.05, 0.1) is 6.10 Å². The second-order valence-electron chi connectivity index (χ2n) is 23.3. The number of nitrogens with two attached hydrogens (primary N) is 2. The van der Waals surface area contributed by atoms with Crippen molar-refractivity contribution in [2.45, 2.75) is 250 Å². The molecule has 3 fully saturated rings. The van der Waals surface area contributed by atoms with E-state index in [1.807, 2.05) is 0 Å². The van der Waals surface area contributed by atoms with Gasteiger partial charge in [-0.25, -0.2) is 9.59 Å². The molecule has 0 aromatic carbocycles. The van der Waals surface area contributed by atoms with Crippen molar-refractivity contribution in [3.8, 4) is 0 Å². The van der Waals surface area contributed by atoms with Crippen LogP contribution >= 0.6 is 23.5 Å². The fourth-order valence-corrected chi connectivity index (χ4v) is 13.0. The largest absolute Gasteiger partial charge is 0.463 e. The Hall–Kier alpha value is -8.11. The van der Waals surface area contributed by atoms with Crippen molar-refractivity contribution < 1.29 is 157 Å². The quantitative estimate of drug-likeness (QED) is 0.0313. The molecule has 0 aromatic heterocycles. The number of hydrogen-bond donors (Lipinski definition) is 3. The molecule has 5 N–H and O–H groups in total. The van der Waals surface area contributed by atoms with Gasteiger partial charge in [0.1, 0.15) is 61.1 Å². The average Bonchev–Trinajstić information content (AvgIpc) is 0.800. The van der Waals surface area contributed by atoms with Gasteiger partial charge in [-0.05, 0) is 45.1 Å². The number of unbranched alkanes of at least 4 members (excludes halogenated alkanes) is 2. The third kappa shape index (κ3) is 31.2. The van der Waals surface area contributed by atoms with E-state index in [1.165, 1.54) is 0 Å². The Bertz CT molecular complexity index is 2970. The van der Waals surface area contributed by atoms with Crippen LogP contribution in [0, 0.1) is 0 Å². The SMILES string of the molecule is CC(=O)OC[C@H]1O[C@@H](CCC(=O)N(CCCC[C@H](NC(=O)CCS[C@@H]2O[C@H](COC(C)=O)[C@H](OC(C)=O)[C@H](OC(C)=O)[C@H]2OC(C)=O)C(=O)OC(=O)[C@@H](N)CCCCN)C(=O)CCS[C@@H]2O[C@H](COC(C)=O)[C@H](OC(C)=O)[C@H](OC(C)=O)[C@H]2OC(C)=O)[C@H](OC(C)=O)[C@@H](OC(C)=O)[C@H]1OC(C)=O. The van der Waals surface area contributed by atoms with Crippen molar-refractivity contribution >= 4 is 125 Å². The molecule has 39 heteroatoms. The van der Waals surface area contributed by atoms with Crippen molar-refractivity contribution in [3.63, 3.8) is 0 Å². The minimum Gasteiger partial charge on any atom is -0.463 e. The van der Waals surface area contributed by atoms with E-state index in [0.29, 0.717) is 12.8 Å². The summed E-state index contributed by atoms with van der Waals surface area (Å²) in [5, 5.41) is 2.52. The number of amides is 3. The lowest BCUT2D eigenvalue weighted by Crippen LogP contribution is -2.62. The van der Waals surface area contributed by atoms with Crippen molar-refractivity contribution in [1.29, 1.82) is 0 Å². The minimum atomic E-state index is -1.64. The van der Waals surface area contributed by atoms with Crippen LogP contribution in [0.3, 0.4) is 0 Å². The molecular weight excluding hydrogens is 1400 g/mol. The number of nitrogens with one attached hydrogen (secondary N) is 1. The van der Waals surface area contributed by atoms with Gasteiger partial charge in [0.25, 0.3) is 0 Å². The van der Waals surface area contributed by atoms with Crippen molar-refractivity contribution in [1.82, 2.24) is 10.2 Å². The second-order valence-corrected chi connectivity index (χ2v) is 25.8. The molecule has 3 aliphatic rings. The van der Waals surface area contributed by atoms with Gasteiger partial charge in [0, 0.05) is 120 Å². The summed E-state index contributed by atoms with van der Waals surface area (Å²) in [5.74, 6) is -16.1. The Morgan fingerprint density at radius 2 is 0.735 bits per heavy atom. The number of carbonyl (C=O) groups excluding carboxylic acids is 17. The van der Waals surface area contributed by atoms with Crippen LogP contribution in [0.25, 0.3) is 0 Å². The van der Waals surface area contributed by atoms with Crippen LogP contribution in [0.4, 0.5) is 0 Å². The van der Waals surface area contributed by atoms with E-state index in [4.69, 9.17) is 87.3 Å². The van der Waals surface area contributed by atoms with E-state index in [9.17, 15) is 81.5 Å². The molecule has 3 amide bonds. The first-order valence-corrected chi connectivity index (χ1v) is 34.5. The first-order valence-electron chi connectivity index (χ1n) is 32.4. The van der Waals surface area contributed by atoms with Gasteiger partial charge in [-0.3, -0.25) is 76.8 Å². The number of esters is 14. The molecule has 0 spiro atoms. The maximum atomic E-state index is 14.8. The summed E-state index contributed by atoms with van der Waals surface area (Å²) in [6, 6.07) is -2.95. The zero-order valence-corrected chi connectivity index (χ0v) is 60.4. The van der Waals surface area contributed by atoms with Crippen LogP contribution in [-0.4, -0.2) is 253 Å². The monoisotopic (exact) mass is 1500 g/mol. The van der Waals surface area contributed by atoms with Crippen molar-refractivity contribution in [2.75, 3.05) is 44.4 Å². The van der Waals surface area contributed by atoms with Gasteiger partial charge < -0.3 is 92.6 Å². The molecule has 17 atom stereocenters. The number of ether oxygens (including phenoxy) is 16. The van der Waals surface area contributed by atoms with E-state index in [1.54, 1.807) is 0 Å². The summed E-state index contributed by atoms with van der Waals surface area (Å²) in [4.78, 5) is 220. The molecule has 0 saturated carbocycles. The van der Waals surface area contributed by atoms with Crippen molar-refractivity contribution in [3.05, 3.63) is 0 Å². The molecule has 3 saturated heterocycles. The highest BCUT2D eigenvalue weighted by Crippen LogP contribution is 2.38. The predicted octanol–water partition coefficient (Wildman–Crippen LogP) is -0.159. The van der Waals surface area contributed by atoms with Gasteiger partial charge >= 0.3 is 83.6 Å². The zero-order chi connectivity index (χ0) is 76.7. The van der Waals surface area contributed by atoms with E-state index >= 15 is 0 Å². The van der Waals surface area contributed by atoms with Crippen LogP contribution < -0.4 is 16.8 Å². The Balaban J connectivity index is 2.08. The minimum absolute atomic E-state index is 0.0589. The van der Waals surface area contributed by atoms with Gasteiger partial charge in [0.2, 0.25) is 17.7 Å². The number of imide groups is 1. The summed E-state index contributed by atoms with van der Waals surface area (Å²) in [6.45, 7) is 10.5. The highest BCUT2D eigenvalue weighted by Gasteiger charge is 2.55. The molecule has 0 aliphatic carbocycles. The molecule has 0 bridgehead atoms. The molecule has 0 aromatic rings. The first-order chi connectivity index (χ1) is 47.9. The predicted molar refractivity (Wildman–Crippen MR) is 344 cm³/mol. The van der Waals surface area contributed by atoms with Gasteiger partial charge in [-0.1, -0.05) is 6.42 Å². The number of hydrogen-bond acceptors (Lipinski definition) is 37. The third-order valence-corrected chi connectivity index (χ3v) is 17.0. The molecule has 0 radical (unpaired) electrons. The highest BCUT2D eigenvalue weighted by molar-refractivity contribution is 8.00. The maximum absolute atomic E-state index is 14.8. The van der Waals surface area contributed by atoms with E-state index < -0.39 is 256 Å². The number of thioether (sulfide) groups is 2. The van der Waals surface area contributed by atoms with Crippen LogP contribution in [0.2, 0.25) is 0 Å². The average molecular weight is 1500 g/mol. The summed E-state index contributed by atoms with van der Waals surface area (Å²) < 4.78 is 88.7. The van der Waals surface area contributed by atoms with E-state index in [-0.39, 0.29) is 43.7 Å². The Morgan fingerprint density at radius 3 is 1.13 bits per heavy atom. The van der Waals surface area contributed by atoms with Crippen LogP contribution in [0.5, 0.6) is 0 Å². The smallest absolute Gasteiger partial charge is 0.336 e. The molecule has 102 heavy (non-hydrogen) atoms. The highest BCUT2D eigenvalue weighted by atomic mass is 32.2. The fourth-order valence-electron chi connectivity index (χ4n) is 10.7. The molecule has 574 valence electrons. The second kappa shape index (κ2) is 44.4. The summed E-state index contributed by atoms with van der Waals surface area (Å²) >= 11 is 1.64. The first kappa shape index (κ1) is 88.1. The van der Waals surface area contributed by atoms with E-state index in [2.05, 4.69) is 5.32 Å². The van der Waals surface area contributed by atoms with Crippen LogP contribution in [-0.2, 0) is 157 Å². The number of rotatable bonds is 38. The van der Waals surface area contributed by atoms with Crippen LogP contribution in [0.15, 0.2) is 0 Å². The lowest BCUT2D eigenvalue weighted by molar-refractivity contribution is -0.253. The molecule has 3 rings (SSSR count). The third-order valence-electron chi connectivity index (χ3n) is 14.7. The lowest BCUT2D eigenvalue weighted by Gasteiger charge is -2.44. The zero-order valence-electron chi connectivity index (χ0n) is 58.7. The summed E-state index contributed by atoms with van der Waals surface area (Å²) in [7, 11) is 0. The summed E-state index contributed by atoms with van der Waals surface area (Å²) in [5.41, 5.74) is 8.98. The van der Waals surface area contributed by atoms with Gasteiger partial charge in [-0.2, -0.15) is 0 Å². The van der Waals surface area contributed by atoms with E-state index in [0.717, 1.165) is 112 Å². The molecule has 3 aliphatic heterocycles. The molecule has 0 unspecified atom stereocenters. The van der Waals surface area contributed by atoms with Gasteiger partial charge in [0.15, 0.2) is 54.9 Å². The standard InChI is InChI=1S/C63H92N4O33S2/c1-30(68)85-27-45-52(89-34(5)72)55(92-37(8)75)51(88-33(4)71)44(97-45)19-20-49(81)67(50(82)22-26-102-63-59(96-41(12)79)57(94-39(10)77)54(91-36(7)74)47(99-63)29-87-32(3)70)24-16-14-18-43(61(84)100-60(83)42(65)17-13-15-23-64)66-48(80)21-25-101-62-58(95-40(11)78)56(93-38(9)76)53(90-35(6)73)46(98-62)28-86-31(2)69/h42-47,51-59,62-63H,13-29,64-65H2,1-12H3,(H,66,80)/t42-,43-,44-,45+,46+,47+,51-,52-,53-,54-,55+,56-,57-,58+,59+,62-,63-/m0/s1. The molecule has 37 nitrogen and oxygen atoms in total. The Morgan fingerprint density at radius 1 is 0.392 bits per heavy atom. The number of nitrogens with zero attached hydrogens (tertiary/aromatic N) is 1. The normalized spacial score (nSPS) is 24.9. The fraction of sp³-hybridized carbons (Fsp3) is 0.730. The Labute approximate surface area is 595 Å². The summed E-state index contributed by atoms with van der Waals surface area (Å²) in [6.07, 6.45) is -21.3. The van der Waals surface area contributed by atoms with Gasteiger partial charge in [-0.15, -0.1) is 23.5 Å². The molecular formula is C63H92N4O33S2. The van der Waals surface area contributed by atoms with Crippen LogP contribution in [0.1, 0.15) is 147 Å². The lowest BCUT2D eigenvalue weighted by atomic mass is 9.91. The maximum Gasteiger partial charge on any atom is 0.336 e. The Kier molecular flexibility index (Phi) is 38.4. The van der Waals surface area contributed by atoms with Crippen molar-refractivity contribution in [2.24, 2.45) is 11.5 Å². The number of carbonyl (C=O) groups is 17. The topological polar surface area (TPSA) is 505 Å². The molecule has 3 heterocycles.